The van der Waals surface area contributed by atoms with Crippen LogP contribution >= 0.6 is 0 Å². The highest BCUT2D eigenvalue weighted by atomic mass is 32.2. The molecule has 0 aromatic heterocycles. The Labute approximate surface area is 214 Å². The number of fused-ring (bicyclic) bond motifs is 2. The number of carboxylic acids is 1. The van der Waals surface area contributed by atoms with Crippen molar-refractivity contribution in [2.75, 3.05) is 26.7 Å². The predicted octanol–water partition coefficient (Wildman–Crippen LogP) is 2.44. The molecule has 0 radical (unpaired) electrons. The lowest BCUT2D eigenvalue weighted by molar-refractivity contribution is -0.229. The summed E-state index contributed by atoms with van der Waals surface area (Å²) in [5.41, 5.74) is -2.17. The summed E-state index contributed by atoms with van der Waals surface area (Å²) in [5, 5.41) is 11.0. The van der Waals surface area contributed by atoms with Gasteiger partial charge in [0.05, 0.1) is 24.7 Å². The number of nitrogens with zero attached hydrogens (tertiary/aromatic N) is 1. The number of morpholine rings is 1. The quantitative estimate of drug-likeness (QED) is 0.369. The minimum atomic E-state index is -3.66. The molecule has 9 atom stereocenters. The molecule has 1 saturated heterocycles. The molecule has 4 bridgehead atoms. The Morgan fingerprint density at radius 1 is 1.31 bits per heavy atom. The van der Waals surface area contributed by atoms with Crippen molar-refractivity contribution in [2.24, 2.45) is 45.8 Å². The number of carbonyl (C=O) groups is 2. The fourth-order valence-electron chi connectivity index (χ4n) is 9.17. The third-order valence-electron chi connectivity index (χ3n) is 10.4. The Balaban J connectivity index is 1.55. The Morgan fingerprint density at radius 3 is 2.64 bits per heavy atom. The van der Waals surface area contributed by atoms with Crippen molar-refractivity contribution >= 4 is 22.5 Å². The number of nitrogens with one attached hydrogen (secondary N) is 1. The molecule has 4 aliphatic carbocycles. The molecule has 1 heterocycles. The van der Waals surface area contributed by atoms with Crippen LogP contribution in [0.4, 0.5) is 0 Å². The Morgan fingerprint density at radius 2 is 2.03 bits per heavy atom. The van der Waals surface area contributed by atoms with E-state index in [0.717, 1.165) is 24.7 Å². The molecule has 5 rings (SSSR count). The van der Waals surface area contributed by atoms with Gasteiger partial charge in [-0.05, 0) is 55.8 Å². The zero-order chi connectivity index (χ0) is 26.3. The number of aldehydes is 1. The van der Waals surface area contributed by atoms with Crippen molar-refractivity contribution in [3.05, 3.63) is 11.6 Å². The fourth-order valence-corrected chi connectivity index (χ4v) is 10.1. The molecule has 202 valence electrons. The van der Waals surface area contributed by atoms with E-state index < -0.39 is 38.7 Å². The Kier molecular flexibility index (Phi) is 6.27. The zero-order valence-electron chi connectivity index (χ0n) is 21.9. The minimum Gasteiger partial charge on any atom is -0.481 e. The lowest BCUT2D eigenvalue weighted by atomic mass is 9.43. The SMILES string of the molecule is CNS(=O)(=O)N1C[C@H](OCC23CC4C(CC[C@H]4C)[C@@]4(C=O)CC2C=C(C(C)C)C34C(=O)O)O[C@H](C)C1. The molecule has 0 aromatic carbocycles. The van der Waals surface area contributed by atoms with Gasteiger partial charge in [0.1, 0.15) is 11.7 Å². The topological polar surface area (TPSA) is 122 Å². The van der Waals surface area contributed by atoms with E-state index in [-0.39, 0.29) is 49.5 Å². The van der Waals surface area contributed by atoms with Gasteiger partial charge in [-0.25, -0.2) is 4.72 Å². The van der Waals surface area contributed by atoms with Gasteiger partial charge in [-0.15, -0.1) is 0 Å². The Bertz CT molecular complexity index is 1080. The number of allylic oxidation sites excluding steroid dienone is 1. The summed E-state index contributed by atoms with van der Waals surface area (Å²) in [6.07, 6.45) is 5.07. The summed E-state index contributed by atoms with van der Waals surface area (Å²) < 4.78 is 41.0. The van der Waals surface area contributed by atoms with Crippen LogP contribution in [0, 0.1) is 45.8 Å². The van der Waals surface area contributed by atoms with Gasteiger partial charge in [-0.1, -0.05) is 38.8 Å². The van der Waals surface area contributed by atoms with E-state index in [4.69, 9.17) is 9.47 Å². The summed E-state index contributed by atoms with van der Waals surface area (Å²) in [7, 11) is -2.29. The largest absolute Gasteiger partial charge is 0.481 e. The van der Waals surface area contributed by atoms with Crippen LogP contribution in [-0.4, -0.2) is 69.2 Å². The lowest BCUT2D eigenvalue weighted by Crippen LogP contribution is -2.64. The second-order valence-corrected chi connectivity index (χ2v) is 14.1. The first-order valence-electron chi connectivity index (χ1n) is 13.3. The fraction of sp³-hybridized carbons (Fsp3) is 0.846. The second kappa shape index (κ2) is 8.59. The molecule has 4 fully saturated rings. The average molecular weight is 525 g/mol. The van der Waals surface area contributed by atoms with Gasteiger partial charge in [0.25, 0.3) is 10.2 Å². The first kappa shape index (κ1) is 26.3. The summed E-state index contributed by atoms with van der Waals surface area (Å²) in [6, 6.07) is 0. The lowest BCUT2D eigenvalue weighted by Gasteiger charge is -2.58. The maximum Gasteiger partial charge on any atom is 0.315 e. The van der Waals surface area contributed by atoms with Gasteiger partial charge in [-0.3, -0.25) is 4.79 Å². The van der Waals surface area contributed by atoms with Crippen molar-refractivity contribution in [3.8, 4) is 0 Å². The molecule has 5 aliphatic rings. The van der Waals surface area contributed by atoms with Crippen LogP contribution in [0.25, 0.3) is 0 Å². The zero-order valence-corrected chi connectivity index (χ0v) is 22.7. The van der Waals surface area contributed by atoms with Crippen LogP contribution in [-0.2, 0) is 29.3 Å². The molecule has 36 heavy (non-hydrogen) atoms. The first-order chi connectivity index (χ1) is 16.9. The van der Waals surface area contributed by atoms with Gasteiger partial charge in [-0.2, -0.15) is 12.7 Å². The van der Waals surface area contributed by atoms with Crippen LogP contribution in [0.1, 0.15) is 53.4 Å². The third kappa shape index (κ3) is 3.17. The maximum atomic E-state index is 13.5. The van der Waals surface area contributed by atoms with Crippen molar-refractivity contribution in [1.29, 1.82) is 0 Å². The van der Waals surface area contributed by atoms with Crippen LogP contribution in [0.3, 0.4) is 0 Å². The van der Waals surface area contributed by atoms with Crippen LogP contribution in [0.5, 0.6) is 0 Å². The number of hydrogen-bond acceptors (Lipinski definition) is 6. The van der Waals surface area contributed by atoms with Gasteiger partial charge in [0, 0.05) is 19.0 Å². The Hall–Kier alpha value is -1.33. The molecule has 1 aliphatic heterocycles. The number of carboxylic acid groups (broad SMARTS) is 1. The number of ether oxygens (including phenoxy) is 2. The van der Waals surface area contributed by atoms with Crippen molar-refractivity contribution < 1.29 is 32.6 Å². The highest BCUT2D eigenvalue weighted by Crippen LogP contribution is 2.82. The smallest absolute Gasteiger partial charge is 0.315 e. The highest BCUT2D eigenvalue weighted by Gasteiger charge is 2.84. The number of carbonyl (C=O) groups excluding carboxylic acids is 1. The molecular weight excluding hydrogens is 484 g/mol. The van der Waals surface area contributed by atoms with E-state index in [2.05, 4.69) is 17.7 Å². The van der Waals surface area contributed by atoms with Crippen LogP contribution in [0.15, 0.2) is 11.6 Å². The molecule has 0 amide bonds. The summed E-state index contributed by atoms with van der Waals surface area (Å²) in [4.78, 5) is 26.6. The van der Waals surface area contributed by atoms with E-state index >= 15 is 0 Å². The maximum absolute atomic E-state index is 13.5. The molecule has 5 unspecified atom stereocenters. The summed E-state index contributed by atoms with van der Waals surface area (Å²) >= 11 is 0. The van der Waals surface area contributed by atoms with E-state index in [0.29, 0.717) is 18.8 Å². The average Bonchev–Trinajstić information content (AvgIpc) is 3.40. The number of aliphatic carboxylic acids is 1. The molecule has 9 nitrogen and oxygen atoms in total. The predicted molar refractivity (Wildman–Crippen MR) is 132 cm³/mol. The summed E-state index contributed by atoms with van der Waals surface area (Å²) in [6.45, 7) is 8.41. The van der Waals surface area contributed by atoms with Crippen LogP contribution < -0.4 is 4.72 Å². The highest BCUT2D eigenvalue weighted by molar-refractivity contribution is 7.87. The van der Waals surface area contributed by atoms with Crippen molar-refractivity contribution in [3.63, 3.8) is 0 Å². The number of rotatable bonds is 8. The van der Waals surface area contributed by atoms with Gasteiger partial charge in [0.15, 0.2) is 6.29 Å². The van der Waals surface area contributed by atoms with E-state index in [1.54, 1.807) is 6.92 Å². The second-order valence-electron chi connectivity index (χ2n) is 12.2. The molecule has 2 N–H and O–H groups in total. The van der Waals surface area contributed by atoms with Crippen LogP contribution in [0.2, 0.25) is 0 Å². The van der Waals surface area contributed by atoms with E-state index in [1.807, 2.05) is 13.8 Å². The van der Waals surface area contributed by atoms with E-state index in [1.165, 1.54) is 11.4 Å². The summed E-state index contributed by atoms with van der Waals surface area (Å²) in [5.74, 6) is -0.266. The van der Waals surface area contributed by atoms with Gasteiger partial charge in [0.2, 0.25) is 0 Å². The molecule has 3 saturated carbocycles. The van der Waals surface area contributed by atoms with Gasteiger partial charge >= 0.3 is 5.97 Å². The monoisotopic (exact) mass is 524 g/mol. The standard InChI is InChI=1S/C26H40N2O7S/c1-15(2)21-8-18-9-24(13-29)20-7-6-16(3)19(20)10-25(18,26(21,24)23(30)31)14-34-22-12-28(11-17(4)35-22)36(32,33)27-5/h8,13,15-20,22,27H,6-7,9-12,14H2,1-5H3,(H,30,31)/t16-,17-,18?,19?,20?,22-,24+,25?,26?/m1/s1. The first-order valence-corrected chi connectivity index (χ1v) is 14.7. The third-order valence-corrected chi connectivity index (χ3v) is 11.9. The molecular formula is C26H40N2O7S. The van der Waals surface area contributed by atoms with Crippen molar-refractivity contribution in [2.45, 2.75) is 65.8 Å². The van der Waals surface area contributed by atoms with Gasteiger partial charge < -0.3 is 19.4 Å². The molecule has 0 aromatic rings. The minimum absolute atomic E-state index is 0.0114. The van der Waals surface area contributed by atoms with E-state index in [9.17, 15) is 23.1 Å². The normalized spacial score (nSPS) is 46.1. The molecule has 0 spiro atoms. The number of hydrogen-bond donors (Lipinski definition) is 2. The van der Waals surface area contributed by atoms with Crippen molar-refractivity contribution in [1.82, 2.24) is 9.03 Å². The molecule has 10 heteroatoms.